The lowest BCUT2D eigenvalue weighted by atomic mass is 9.91. The number of rotatable bonds is 10. The van der Waals surface area contributed by atoms with E-state index in [4.69, 9.17) is 23.2 Å². The van der Waals surface area contributed by atoms with Gasteiger partial charge in [0.05, 0.1) is 11.8 Å². The molecule has 212 valence electrons. The van der Waals surface area contributed by atoms with Crippen LogP contribution in [0.25, 0.3) is 0 Å². The number of anilines is 1. The van der Waals surface area contributed by atoms with Crippen LogP contribution in [0.5, 0.6) is 0 Å². The first-order valence-corrected chi connectivity index (χ1v) is 15.2. The molecule has 1 aliphatic rings. The summed E-state index contributed by atoms with van der Waals surface area (Å²) in [7, 11) is -2.20. The van der Waals surface area contributed by atoms with Crippen molar-refractivity contribution in [1.29, 1.82) is 0 Å². The lowest BCUT2D eigenvalue weighted by Gasteiger charge is -2.44. The van der Waals surface area contributed by atoms with Crippen LogP contribution in [-0.2, 0) is 14.8 Å². The molecule has 1 aliphatic heterocycles. The summed E-state index contributed by atoms with van der Waals surface area (Å²) in [6.07, 6.45) is 0. The molecule has 2 amide bonds. The third kappa shape index (κ3) is 7.54. The van der Waals surface area contributed by atoms with Crippen molar-refractivity contribution >= 4 is 50.7 Å². The van der Waals surface area contributed by atoms with Crippen LogP contribution in [0.1, 0.15) is 40.0 Å². The average Bonchev–Trinajstić information content (AvgIpc) is 2.88. The van der Waals surface area contributed by atoms with Crippen LogP contribution < -0.4 is 15.4 Å². The summed E-state index contributed by atoms with van der Waals surface area (Å²) in [5, 5.41) is 6.39. The van der Waals surface area contributed by atoms with Gasteiger partial charge in [0.1, 0.15) is 6.04 Å². The van der Waals surface area contributed by atoms with E-state index in [2.05, 4.69) is 20.3 Å². The highest BCUT2D eigenvalue weighted by Crippen LogP contribution is 2.36. The number of sulfonamides is 1. The maximum Gasteiger partial charge on any atom is 0.252 e. The van der Waals surface area contributed by atoms with Crippen LogP contribution in [0.3, 0.4) is 0 Å². The van der Waals surface area contributed by atoms with Crippen LogP contribution >= 0.6 is 23.2 Å². The first-order chi connectivity index (χ1) is 18.9. The van der Waals surface area contributed by atoms with Crippen molar-refractivity contribution in [3.8, 4) is 0 Å². The van der Waals surface area contributed by atoms with E-state index in [1.165, 1.54) is 13.1 Å². The predicted octanol–water partition coefficient (Wildman–Crippen LogP) is 4.63. The van der Waals surface area contributed by atoms with Crippen LogP contribution in [0.2, 0.25) is 10.0 Å². The molecule has 1 fully saturated rings. The van der Waals surface area contributed by atoms with Crippen molar-refractivity contribution in [2.45, 2.75) is 25.9 Å². The van der Waals surface area contributed by atoms with Gasteiger partial charge in [0.2, 0.25) is 15.9 Å². The van der Waals surface area contributed by atoms with Gasteiger partial charge in [-0.1, -0.05) is 47.5 Å². The number of benzene rings is 3. The third-order valence-electron chi connectivity index (χ3n) is 6.78. The number of halogens is 2. The second-order valence-electron chi connectivity index (χ2n) is 10.1. The topological polar surface area (TPSA) is 108 Å². The number of aryl methyl sites for hydroxylation is 1. The zero-order chi connectivity index (χ0) is 29.0. The molecular weight excluding hydrogens is 571 g/mol. The Morgan fingerprint density at radius 1 is 0.950 bits per heavy atom. The van der Waals surface area contributed by atoms with Gasteiger partial charge < -0.3 is 10.6 Å². The highest BCUT2D eigenvalue weighted by molar-refractivity contribution is 7.92. The molecule has 11 heteroatoms. The minimum absolute atomic E-state index is 0.0549. The molecule has 0 saturated carbocycles. The summed E-state index contributed by atoms with van der Waals surface area (Å²) in [4.78, 5) is 26.7. The predicted molar refractivity (Wildman–Crippen MR) is 159 cm³/mol. The van der Waals surface area contributed by atoms with E-state index in [1.807, 2.05) is 48.5 Å². The first kappa shape index (κ1) is 29.9. The summed E-state index contributed by atoms with van der Waals surface area (Å²) in [6.45, 7) is 4.53. The van der Waals surface area contributed by atoms with E-state index >= 15 is 0 Å². The summed E-state index contributed by atoms with van der Waals surface area (Å²) in [5.74, 6) is -0.919. The summed E-state index contributed by atoms with van der Waals surface area (Å²) >= 11 is 12.2. The van der Waals surface area contributed by atoms with Crippen molar-refractivity contribution in [3.05, 3.63) is 99.0 Å². The Kier molecular flexibility index (Phi) is 9.41. The van der Waals surface area contributed by atoms with Gasteiger partial charge in [0.15, 0.2) is 0 Å². The number of hydrogen-bond donors (Lipinski definition) is 3. The molecule has 0 spiro atoms. The molecule has 0 bridgehead atoms. The van der Waals surface area contributed by atoms with Gasteiger partial charge in [-0.25, -0.2) is 8.42 Å². The van der Waals surface area contributed by atoms with Crippen LogP contribution in [0, 0.1) is 12.8 Å². The van der Waals surface area contributed by atoms with Gasteiger partial charge in [-0.05, 0) is 73.0 Å². The van der Waals surface area contributed by atoms with Gasteiger partial charge in [0.25, 0.3) is 5.91 Å². The quantitative estimate of drug-likeness (QED) is 0.313. The first-order valence-electron chi connectivity index (χ1n) is 12.8. The normalized spacial score (nSPS) is 14.8. The van der Waals surface area contributed by atoms with E-state index in [0.29, 0.717) is 34.4 Å². The largest absolute Gasteiger partial charge is 0.357 e. The summed E-state index contributed by atoms with van der Waals surface area (Å²) in [6, 6.07) is 19.3. The highest BCUT2D eigenvalue weighted by atomic mass is 35.5. The molecule has 3 aromatic carbocycles. The van der Waals surface area contributed by atoms with Crippen LogP contribution in [-0.4, -0.2) is 57.1 Å². The lowest BCUT2D eigenvalue weighted by molar-refractivity contribution is -0.122. The average molecular weight is 604 g/mol. The maximum absolute atomic E-state index is 13.1. The SMILES string of the molecule is CNC(=O)C(C)NC(=O)c1cc(C)cc(NS(=O)(=O)CC2CN(C(c3ccc(Cl)cc3)c3ccc(Cl)cc3)C2)c1. The van der Waals surface area contributed by atoms with E-state index < -0.39 is 22.0 Å². The molecule has 1 atom stereocenters. The van der Waals surface area contributed by atoms with Crippen LogP contribution in [0.15, 0.2) is 66.7 Å². The minimum Gasteiger partial charge on any atom is -0.357 e. The molecule has 1 heterocycles. The molecule has 0 radical (unpaired) electrons. The smallest absolute Gasteiger partial charge is 0.252 e. The van der Waals surface area contributed by atoms with Crippen LogP contribution in [0.4, 0.5) is 5.69 Å². The molecule has 40 heavy (non-hydrogen) atoms. The molecule has 4 rings (SSSR count). The molecule has 8 nitrogen and oxygen atoms in total. The number of likely N-dealkylation sites (tertiary alicyclic amines) is 1. The standard InChI is InChI=1S/C29H32Cl2N4O4S/c1-18-12-23(29(37)33-19(2)28(36)32-3)14-26(13-18)34-40(38,39)17-20-15-35(16-20)27(21-4-8-24(30)9-5-21)22-6-10-25(31)11-7-22/h4-14,19-20,27,34H,15-17H2,1-3H3,(H,32,36)(H,33,37). The van der Waals surface area contributed by atoms with E-state index in [-0.39, 0.29) is 29.2 Å². The van der Waals surface area contributed by atoms with Crippen molar-refractivity contribution in [1.82, 2.24) is 15.5 Å². The number of amides is 2. The van der Waals surface area contributed by atoms with Gasteiger partial charge in [-0.2, -0.15) is 0 Å². The van der Waals surface area contributed by atoms with Crippen molar-refractivity contribution in [2.24, 2.45) is 5.92 Å². The molecule has 3 aromatic rings. The maximum atomic E-state index is 13.1. The van der Waals surface area contributed by atoms with Crippen molar-refractivity contribution in [3.63, 3.8) is 0 Å². The number of carbonyl (C=O) groups is 2. The van der Waals surface area contributed by atoms with Gasteiger partial charge in [-0.3, -0.25) is 19.2 Å². The van der Waals surface area contributed by atoms with E-state index in [1.54, 1.807) is 26.0 Å². The number of carbonyl (C=O) groups excluding carboxylic acids is 2. The molecule has 3 N–H and O–H groups in total. The van der Waals surface area contributed by atoms with Gasteiger partial charge >= 0.3 is 0 Å². The van der Waals surface area contributed by atoms with E-state index in [0.717, 1.165) is 11.1 Å². The number of nitrogens with one attached hydrogen (secondary N) is 3. The van der Waals surface area contributed by atoms with Gasteiger partial charge in [0, 0.05) is 47.4 Å². The number of hydrogen-bond acceptors (Lipinski definition) is 5. The Hall–Kier alpha value is -3.11. The summed E-state index contributed by atoms with van der Waals surface area (Å²) in [5.41, 5.74) is 3.39. The second-order valence-corrected chi connectivity index (χ2v) is 12.7. The Morgan fingerprint density at radius 2 is 1.50 bits per heavy atom. The Balaban J connectivity index is 1.42. The van der Waals surface area contributed by atoms with Crippen molar-refractivity contribution < 1.29 is 18.0 Å². The molecule has 1 saturated heterocycles. The van der Waals surface area contributed by atoms with Gasteiger partial charge in [-0.15, -0.1) is 0 Å². The summed E-state index contributed by atoms with van der Waals surface area (Å²) < 4.78 is 28.8. The minimum atomic E-state index is -3.69. The molecule has 0 aliphatic carbocycles. The Bertz CT molecular complexity index is 1430. The monoisotopic (exact) mass is 602 g/mol. The fourth-order valence-corrected chi connectivity index (χ4v) is 6.54. The third-order valence-corrected chi connectivity index (χ3v) is 8.74. The van der Waals surface area contributed by atoms with E-state index in [9.17, 15) is 18.0 Å². The zero-order valence-electron chi connectivity index (χ0n) is 22.4. The fourth-order valence-electron chi connectivity index (χ4n) is 4.90. The molecule has 1 unspecified atom stereocenters. The molecule has 0 aromatic heterocycles. The molecular formula is C29H32Cl2N4O4S. The Morgan fingerprint density at radius 3 is 2.02 bits per heavy atom. The highest BCUT2D eigenvalue weighted by Gasteiger charge is 2.36. The number of nitrogens with zero attached hydrogens (tertiary/aromatic N) is 1. The Labute approximate surface area is 245 Å². The van der Waals surface area contributed by atoms with Crippen molar-refractivity contribution in [2.75, 3.05) is 30.6 Å². The lowest BCUT2D eigenvalue weighted by Crippen LogP contribution is -2.51. The second kappa shape index (κ2) is 12.6. The zero-order valence-corrected chi connectivity index (χ0v) is 24.8. The fraction of sp³-hybridized carbons (Fsp3) is 0.310. The number of likely N-dealkylation sites (N-methyl/N-ethyl adjacent to an activating group) is 1.